The Morgan fingerprint density at radius 1 is 1.14 bits per heavy atom. The topological polar surface area (TPSA) is 89.1 Å². The summed E-state index contributed by atoms with van der Waals surface area (Å²) in [5, 5.41) is 10.1. The van der Waals surface area contributed by atoms with Crippen molar-refractivity contribution in [1.29, 1.82) is 0 Å². The number of H-pyrrole nitrogens is 1. The van der Waals surface area contributed by atoms with Crippen molar-refractivity contribution in [2.45, 2.75) is 17.3 Å². The number of thioether (sulfide) groups is 1. The van der Waals surface area contributed by atoms with Crippen LogP contribution in [0.5, 0.6) is 11.5 Å². The molecule has 2 N–H and O–H groups in total. The molecular formula is C21H20N4O3S. The number of benzene rings is 2. The van der Waals surface area contributed by atoms with Crippen LogP contribution < -0.4 is 14.8 Å². The number of hydrogen-bond acceptors (Lipinski definition) is 6. The molecule has 1 aliphatic rings. The zero-order chi connectivity index (χ0) is 20.1. The Kier molecular flexibility index (Phi) is 5.81. The number of nitrogens with one attached hydrogen (secondary N) is 2. The van der Waals surface area contributed by atoms with Gasteiger partial charge in [-0.15, -0.1) is 5.10 Å². The van der Waals surface area contributed by atoms with Crippen LogP contribution in [-0.2, 0) is 4.79 Å². The molecule has 1 atom stereocenters. The van der Waals surface area contributed by atoms with Crippen LogP contribution in [0, 0.1) is 0 Å². The first kappa shape index (κ1) is 19.1. The molecule has 0 saturated heterocycles. The fourth-order valence-electron chi connectivity index (χ4n) is 2.70. The monoisotopic (exact) mass is 408 g/mol. The van der Waals surface area contributed by atoms with Gasteiger partial charge in [0.2, 0.25) is 11.1 Å². The number of carbonyl (C=O) groups is 1. The number of rotatable bonds is 6. The van der Waals surface area contributed by atoms with Crippen LogP contribution in [0.2, 0.25) is 0 Å². The molecule has 3 aromatic rings. The van der Waals surface area contributed by atoms with Gasteiger partial charge in [0.1, 0.15) is 19.0 Å². The molecule has 2 heterocycles. The number of aromatic amines is 1. The van der Waals surface area contributed by atoms with Gasteiger partial charge < -0.3 is 14.8 Å². The zero-order valence-corrected chi connectivity index (χ0v) is 16.6. The summed E-state index contributed by atoms with van der Waals surface area (Å²) in [6.45, 7) is 2.85. The minimum atomic E-state index is -0.370. The SMILES string of the molecule is CC(Sc1n[nH]c(/C=C/c2ccccc2)n1)C(=O)Nc1ccc2c(c1)OCCO2. The van der Waals surface area contributed by atoms with Gasteiger partial charge in [-0.05, 0) is 30.7 Å². The Morgan fingerprint density at radius 2 is 1.93 bits per heavy atom. The van der Waals surface area contributed by atoms with Crippen molar-refractivity contribution in [2.75, 3.05) is 18.5 Å². The normalized spacial score (nSPS) is 14.0. The van der Waals surface area contributed by atoms with Gasteiger partial charge in [-0.2, -0.15) is 0 Å². The van der Waals surface area contributed by atoms with Crippen molar-refractivity contribution < 1.29 is 14.3 Å². The lowest BCUT2D eigenvalue weighted by molar-refractivity contribution is -0.115. The van der Waals surface area contributed by atoms with E-state index in [4.69, 9.17) is 9.47 Å². The number of hydrogen-bond donors (Lipinski definition) is 2. The molecule has 8 heteroatoms. The summed E-state index contributed by atoms with van der Waals surface area (Å²) in [5.41, 5.74) is 1.73. The third-order valence-electron chi connectivity index (χ3n) is 4.18. The molecule has 0 bridgehead atoms. The second-order valence-electron chi connectivity index (χ2n) is 6.36. The molecule has 0 spiro atoms. The van der Waals surface area contributed by atoms with E-state index < -0.39 is 0 Å². The van der Waals surface area contributed by atoms with Gasteiger partial charge in [0, 0.05) is 11.8 Å². The Balaban J connectivity index is 1.34. The van der Waals surface area contributed by atoms with Crippen molar-refractivity contribution in [1.82, 2.24) is 15.2 Å². The maximum Gasteiger partial charge on any atom is 0.237 e. The van der Waals surface area contributed by atoms with E-state index in [1.165, 1.54) is 11.8 Å². The molecule has 29 heavy (non-hydrogen) atoms. The van der Waals surface area contributed by atoms with Crippen LogP contribution in [0.1, 0.15) is 18.3 Å². The first-order valence-corrected chi connectivity index (χ1v) is 10.1. The lowest BCUT2D eigenvalue weighted by atomic mass is 10.2. The summed E-state index contributed by atoms with van der Waals surface area (Å²) >= 11 is 1.29. The van der Waals surface area contributed by atoms with Crippen LogP contribution in [-0.4, -0.2) is 39.6 Å². The number of nitrogens with zero attached hydrogens (tertiary/aromatic N) is 2. The van der Waals surface area contributed by atoms with E-state index in [0.29, 0.717) is 41.4 Å². The highest BCUT2D eigenvalue weighted by molar-refractivity contribution is 8.00. The average Bonchev–Trinajstić information content (AvgIpc) is 3.20. The van der Waals surface area contributed by atoms with Crippen LogP contribution >= 0.6 is 11.8 Å². The van der Waals surface area contributed by atoms with Crippen molar-refractivity contribution >= 4 is 35.5 Å². The van der Waals surface area contributed by atoms with Crippen molar-refractivity contribution in [3.63, 3.8) is 0 Å². The minimum Gasteiger partial charge on any atom is -0.486 e. The first-order chi connectivity index (χ1) is 14.2. The molecule has 1 amide bonds. The maximum atomic E-state index is 12.5. The van der Waals surface area contributed by atoms with Gasteiger partial charge in [0.05, 0.1) is 5.25 Å². The molecule has 7 nitrogen and oxygen atoms in total. The highest BCUT2D eigenvalue weighted by Gasteiger charge is 2.18. The van der Waals surface area contributed by atoms with Gasteiger partial charge in [0.25, 0.3) is 0 Å². The van der Waals surface area contributed by atoms with Crippen molar-refractivity contribution in [2.24, 2.45) is 0 Å². The summed E-state index contributed by atoms with van der Waals surface area (Å²) < 4.78 is 11.0. The van der Waals surface area contributed by atoms with E-state index in [9.17, 15) is 4.79 Å². The lowest BCUT2D eigenvalue weighted by Gasteiger charge is -2.19. The fraction of sp³-hybridized carbons (Fsp3) is 0.190. The van der Waals surface area contributed by atoms with E-state index in [-0.39, 0.29) is 11.2 Å². The zero-order valence-electron chi connectivity index (χ0n) is 15.8. The van der Waals surface area contributed by atoms with E-state index >= 15 is 0 Å². The van der Waals surface area contributed by atoms with Gasteiger partial charge in [-0.25, -0.2) is 4.98 Å². The first-order valence-electron chi connectivity index (χ1n) is 9.20. The van der Waals surface area contributed by atoms with E-state index in [1.54, 1.807) is 18.2 Å². The largest absolute Gasteiger partial charge is 0.486 e. The number of anilines is 1. The predicted molar refractivity (Wildman–Crippen MR) is 113 cm³/mol. The summed E-state index contributed by atoms with van der Waals surface area (Å²) in [7, 11) is 0. The standard InChI is InChI=1S/C21H20N4O3S/c1-14(20(26)22-16-8-9-17-18(13-16)28-12-11-27-17)29-21-23-19(24-25-21)10-7-15-5-3-2-4-6-15/h2-10,13-14H,11-12H2,1H3,(H,22,26)(H,23,24,25)/b10-7+. The number of carbonyl (C=O) groups excluding carboxylic acids is 1. The summed E-state index contributed by atoms with van der Waals surface area (Å²) in [6, 6.07) is 15.3. The minimum absolute atomic E-state index is 0.141. The highest BCUT2D eigenvalue weighted by atomic mass is 32.2. The second-order valence-corrected chi connectivity index (χ2v) is 7.66. The molecule has 148 valence electrons. The molecular weight excluding hydrogens is 388 g/mol. The van der Waals surface area contributed by atoms with Crippen molar-refractivity contribution in [3.8, 4) is 11.5 Å². The molecule has 0 fully saturated rings. The van der Waals surface area contributed by atoms with Gasteiger partial charge >= 0.3 is 0 Å². The lowest BCUT2D eigenvalue weighted by Crippen LogP contribution is -2.23. The fourth-order valence-corrected chi connectivity index (χ4v) is 3.43. The number of aromatic nitrogens is 3. The Labute approximate surface area is 172 Å². The van der Waals surface area contributed by atoms with Crippen molar-refractivity contribution in [3.05, 3.63) is 59.9 Å². The number of ether oxygens (including phenoxy) is 2. The number of fused-ring (bicyclic) bond motifs is 1. The van der Waals surface area contributed by atoms with Crippen LogP contribution in [0.4, 0.5) is 5.69 Å². The van der Waals surface area contributed by atoms with Gasteiger partial charge in [0.15, 0.2) is 11.5 Å². The smallest absolute Gasteiger partial charge is 0.237 e. The predicted octanol–water partition coefficient (Wildman–Crippen LogP) is 3.87. The average molecular weight is 408 g/mol. The molecule has 4 rings (SSSR count). The van der Waals surface area contributed by atoms with Gasteiger partial charge in [-0.1, -0.05) is 48.2 Å². The van der Waals surface area contributed by atoms with Crippen LogP contribution in [0.25, 0.3) is 12.2 Å². The van der Waals surface area contributed by atoms with Crippen LogP contribution in [0.15, 0.2) is 53.7 Å². The van der Waals surface area contributed by atoms with E-state index in [2.05, 4.69) is 20.5 Å². The molecule has 0 radical (unpaired) electrons. The molecule has 0 aliphatic carbocycles. The Hall–Kier alpha value is -3.26. The third kappa shape index (κ3) is 4.97. The Morgan fingerprint density at radius 3 is 2.76 bits per heavy atom. The van der Waals surface area contributed by atoms with E-state index in [1.807, 2.05) is 49.4 Å². The Bertz CT molecular complexity index is 1020. The summed E-state index contributed by atoms with van der Waals surface area (Å²) in [5.74, 6) is 1.82. The molecule has 1 aromatic heterocycles. The quantitative estimate of drug-likeness (QED) is 0.602. The maximum absolute atomic E-state index is 12.5. The summed E-state index contributed by atoms with van der Waals surface area (Å²) in [6.07, 6.45) is 3.80. The number of amides is 1. The van der Waals surface area contributed by atoms with E-state index in [0.717, 1.165) is 5.56 Å². The highest BCUT2D eigenvalue weighted by Crippen LogP contribution is 2.33. The molecule has 1 unspecified atom stereocenters. The molecule has 1 aliphatic heterocycles. The summed E-state index contributed by atoms with van der Waals surface area (Å²) in [4.78, 5) is 16.9. The second kappa shape index (κ2) is 8.83. The third-order valence-corrected chi connectivity index (χ3v) is 5.14. The molecule has 2 aromatic carbocycles. The van der Waals surface area contributed by atoms with Crippen LogP contribution in [0.3, 0.4) is 0 Å². The van der Waals surface area contributed by atoms with Gasteiger partial charge in [-0.3, -0.25) is 9.89 Å². The molecule has 0 saturated carbocycles.